The van der Waals surface area contributed by atoms with E-state index in [1.807, 2.05) is 43.3 Å². The number of amides is 2. The van der Waals surface area contributed by atoms with Gasteiger partial charge in [0, 0.05) is 16.8 Å². The van der Waals surface area contributed by atoms with Gasteiger partial charge < -0.3 is 15.1 Å². The first-order chi connectivity index (χ1) is 14.1. The number of rotatable bonds is 5. The first-order valence-electron chi connectivity index (χ1n) is 9.19. The van der Waals surface area contributed by atoms with E-state index >= 15 is 0 Å². The third kappa shape index (κ3) is 4.50. The zero-order chi connectivity index (χ0) is 20.2. The minimum Gasteiger partial charge on any atom is -0.451 e. The Morgan fingerprint density at radius 2 is 1.72 bits per heavy atom. The molecule has 0 aliphatic carbocycles. The number of hydrogen-bond donors (Lipinski definition) is 2. The second-order valence-corrected chi connectivity index (χ2v) is 6.69. The molecule has 0 aliphatic heterocycles. The first-order valence-corrected chi connectivity index (χ1v) is 9.19. The number of furan rings is 1. The second kappa shape index (κ2) is 7.98. The van der Waals surface area contributed by atoms with Crippen molar-refractivity contribution in [2.75, 3.05) is 10.6 Å². The van der Waals surface area contributed by atoms with Crippen LogP contribution in [0.1, 0.15) is 21.8 Å². The van der Waals surface area contributed by atoms with E-state index in [4.69, 9.17) is 4.42 Å². The van der Waals surface area contributed by atoms with Gasteiger partial charge in [-0.1, -0.05) is 36.4 Å². The molecule has 4 aromatic rings. The highest BCUT2D eigenvalue weighted by Crippen LogP contribution is 2.20. The van der Waals surface area contributed by atoms with Crippen LogP contribution in [0.5, 0.6) is 0 Å². The van der Waals surface area contributed by atoms with Crippen LogP contribution in [0.2, 0.25) is 0 Å². The van der Waals surface area contributed by atoms with Crippen molar-refractivity contribution in [1.29, 1.82) is 0 Å². The summed E-state index contributed by atoms with van der Waals surface area (Å²) in [5.41, 5.74) is 2.96. The highest BCUT2D eigenvalue weighted by molar-refractivity contribution is 6.04. The summed E-state index contributed by atoms with van der Waals surface area (Å²) < 4.78 is 5.57. The molecule has 6 nitrogen and oxygen atoms in total. The van der Waals surface area contributed by atoms with Crippen molar-refractivity contribution in [3.63, 3.8) is 0 Å². The van der Waals surface area contributed by atoms with Gasteiger partial charge in [0.05, 0.1) is 6.42 Å². The number of carbonyl (C=O) groups is 2. The molecule has 0 saturated carbocycles. The molecule has 29 heavy (non-hydrogen) atoms. The quantitative estimate of drug-likeness (QED) is 0.527. The van der Waals surface area contributed by atoms with Gasteiger partial charge in [0.25, 0.3) is 5.91 Å². The Bertz CT molecular complexity index is 1150. The molecule has 0 unspecified atom stereocenters. The van der Waals surface area contributed by atoms with Crippen molar-refractivity contribution in [3.8, 4) is 0 Å². The van der Waals surface area contributed by atoms with E-state index in [9.17, 15) is 9.59 Å². The summed E-state index contributed by atoms with van der Waals surface area (Å²) in [6, 6.07) is 21.8. The number of fused-ring (bicyclic) bond motifs is 1. The molecule has 6 heteroatoms. The summed E-state index contributed by atoms with van der Waals surface area (Å²) in [7, 11) is 0. The number of para-hydroxylation sites is 1. The average molecular weight is 385 g/mol. The lowest BCUT2D eigenvalue weighted by Gasteiger charge is -2.07. The summed E-state index contributed by atoms with van der Waals surface area (Å²) in [6.45, 7) is 1.87. The number of benzene rings is 2. The minimum atomic E-state index is -0.322. The zero-order valence-corrected chi connectivity index (χ0v) is 15.8. The number of carbonyl (C=O) groups excluding carboxylic acids is 2. The Morgan fingerprint density at radius 3 is 2.48 bits per heavy atom. The van der Waals surface area contributed by atoms with Crippen molar-refractivity contribution in [2.24, 2.45) is 0 Å². The molecule has 4 rings (SSSR count). The first kappa shape index (κ1) is 18.4. The SMILES string of the molecule is Cc1cccc(NC(=O)Cc2ccc(NC(=O)c3cc4ccccc4o3)cc2)n1. The van der Waals surface area contributed by atoms with Crippen LogP contribution in [0.25, 0.3) is 11.0 Å². The Kier molecular flexibility index (Phi) is 5.07. The van der Waals surface area contributed by atoms with Gasteiger partial charge >= 0.3 is 0 Å². The van der Waals surface area contributed by atoms with Crippen molar-refractivity contribution in [2.45, 2.75) is 13.3 Å². The zero-order valence-electron chi connectivity index (χ0n) is 15.8. The molecule has 2 aromatic heterocycles. The van der Waals surface area contributed by atoms with Gasteiger partial charge in [-0.15, -0.1) is 0 Å². The molecule has 0 spiro atoms. The van der Waals surface area contributed by atoms with E-state index in [0.29, 0.717) is 17.1 Å². The molecular weight excluding hydrogens is 366 g/mol. The van der Waals surface area contributed by atoms with Crippen LogP contribution >= 0.6 is 0 Å². The average Bonchev–Trinajstić information content (AvgIpc) is 3.14. The lowest BCUT2D eigenvalue weighted by Crippen LogP contribution is -2.15. The molecule has 2 N–H and O–H groups in total. The highest BCUT2D eigenvalue weighted by atomic mass is 16.3. The van der Waals surface area contributed by atoms with E-state index in [1.165, 1.54) is 0 Å². The van der Waals surface area contributed by atoms with E-state index in [1.54, 1.807) is 36.4 Å². The Hall–Kier alpha value is -3.93. The van der Waals surface area contributed by atoms with Gasteiger partial charge in [0.2, 0.25) is 5.91 Å². The number of hydrogen-bond acceptors (Lipinski definition) is 4. The van der Waals surface area contributed by atoms with Crippen LogP contribution in [0.15, 0.2) is 77.2 Å². The number of pyridine rings is 1. The third-order valence-electron chi connectivity index (χ3n) is 4.38. The van der Waals surface area contributed by atoms with E-state index in [-0.39, 0.29) is 24.0 Å². The normalized spacial score (nSPS) is 10.7. The van der Waals surface area contributed by atoms with E-state index in [0.717, 1.165) is 16.6 Å². The number of nitrogens with zero attached hydrogens (tertiary/aromatic N) is 1. The number of aromatic nitrogens is 1. The fraction of sp³-hybridized carbons (Fsp3) is 0.0870. The summed E-state index contributed by atoms with van der Waals surface area (Å²) in [4.78, 5) is 28.9. The molecule has 144 valence electrons. The van der Waals surface area contributed by atoms with E-state index in [2.05, 4.69) is 15.6 Å². The minimum absolute atomic E-state index is 0.151. The topological polar surface area (TPSA) is 84.2 Å². The number of nitrogens with one attached hydrogen (secondary N) is 2. The molecule has 0 saturated heterocycles. The smallest absolute Gasteiger partial charge is 0.291 e. The molecule has 0 bridgehead atoms. The predicted molar refractivity (Wildman–Crippen MR) is 112 cm³/mol. The molecule has 2 aromatic carbocycles. The standard InChI is InChI=1S/C23H19N3O3/c1-15-5-4-8-21(24-15)26-22(27)13-16-9-11-18(12-10-16)25-23(28)20-14-17-6-2-3-7-19(17)29-20/h2-12,14H,13H2,1H3,(H,25,28)(H,24,26,27). The van der Waals surface area contributed by atoms with Crippen molar-refractivity contribution >= 4 is 34.3 Å². The summed E-state index contributed by atoms with van der Waals surface area (Å²) >= 11 is 0. The van der Waals surface area contributed by atoms with Crippen molar-refractivity contribution in [1.82, 2.24) is 4.98 Å². The summed E-state index contributed by atoms with van der Waals surface area (Å²) in [5, 5.41) is 6.46. The maximum atomic E-state index is 12.4. The van der Waals surface area contributed by atoms with Gasteiger partial charge in [-0.25, -0.2) is 4.98 Å². The highest BCUT2D eigenvalue weighted by Gasteiger charge is 2.12. The molecular formula is C23H19N3O3. The van der Waals surface area contributed by atoms with Crippen LogP contribution < -0.4 is 10.6 Å². The lowest BCUT2D eigenvalue weighted by molar-refractivity contribution is -0.115. The maximum absolute atomic E-state index is 12.4. The molecule has 0 aliphatic rings. The van der Waals surface area contributed by atoms with E-state index < -0.39 is 0 Å². The van der Waals surface area contributed by atoms with Crippen molar-refractivity contribution in [3.05, 3.63) is 89.8 Å². The number of aryl methyl sites for hydroxylation is 1. The largest absolute Gasteiger partial charge is 0.451 e. The molecule has 2 amide bonds. The maximum Gasteiger partial charge on any atom is 0.291 e. The lowest BCUT2D eigenvalue weighted by atomic mass is 10.1. The van der Waals surface area contributed by atoms with Crippen LogP contribution in [0, 0.1) is 6.92 Å². The van der Waals surface area contributed by atoms with Crippen LogP contribution in [0.4, 0.5) is 11.5 Å². The van der Waals surface area contributed by atoms with Crippen LogP contribution in [-0.2, 0) is 11.2 Å². The Morgan fingerprint density at radius 1 is 0.931 bits per heavy atom. The Labute approximate surface area is 167 Å². The van der Waals surface area contributed by atoms with Gasteiger partial charge in [-0.3, -0.25) is 9.59 Å². The molecule has 0 fully saturated rings. The van der Waals surface area contributed by atoms with Gasteiger partial charge in [0.15, 0.2) is 5.76 Å². The van der Waals surface area contributed by atoms with Crippen molar-refractivity contribution < 1.29 is 14.0 Å². The summed E-state index contributed by atoms with van der Waals surface area (Å²) in [6.07, 6.45) is 0.216. The Balaban J connectivity index is 1.37. The molecule has 2 heterocycles. The number of anilines is 2. The predicted octanol–water partition coefficient (Wildman–Crippen LogP) is 4.57. The second-order valence-electron chi connectivity index (χ2n) is 6.69. The fourth-order valence-electron chi connectivity index (χ4n) is 2.98. The summed E-state index contributed by atoms with van der Waals surface area (Å²) in [5.74, 6) is 0.310. The van der Waals surface area contributed by atoms with Gasteiger partial charge in [0.1, 0.15) is 11.4 Å². The molecule has 0 atom stereocenters. The van der Waals surface area contributed by atoms with Crippen LogP contribution in [-0.4, -0.2) is 16.8 Å². The van der Waals surface area contributed by atoms with Gasteiger partial charge in [-0.05, 0) is 48.9 Å². The molecule has 0 radical (unpaired) electrons. The van der Waals surface area contributed by atoms with Gasteiger partial charge in [-0.2, -0.15) is 0 Å². The fourth-order valence-corrected chi connectivity index (χ4v) is 2.98. The van der Waals surface area contributed by atoms with Crippen LogP contribution in [0.3, 0.4) is 0 Å². The third-order valence-corrected chi connectivity index (χ3v) is 4.38. The monoisotopic (exact) mass is 385 g/mol.